The van der Waals surface area contributed by atoms with Crippen LogP contribution < -0.4 is 5.32 Å². The second-order valence-corrected chi connectivity index (χ2v) is 8.17. The summed E-state index contributed by atoms with van der Waals surface area (Å²) in [5.74, 6) is 1.31. The molecule has 1 aliphatic heterocycles. The first-order valence-corrected chi connectivity index (χ1v) is 10.4. The Hall–Kier alpha value is -1.69. The molecule has 0 unspecified atom stereocenters. The van der Waals surface area contributed by atoms with E-state index >= 15 is 0 Å². The van der Waals surface area contributed by atoms with Gasteiger partial charge in [-0.05, 0) is 50.5 Å². The highest BCUT2D eigenvalue weighted by Crippen LogP contribution is 2.38. The molecule has 0 aromatic carbocycles. The van der Waals surface area contributed by atoms with Gasteiger partial charge in [-0.25, -0.2) is 9.97 Å². The highest BCUT2D eigenvalue weighted by atomic mass is 32.1. The number of carbonyl (C=O) groups excluding carboxylic acids is 1. The molecule has 25 heavy (non-hydrogen) atoms. The van der Waals surface area contributed by atoms with Crippen LogP contribution in [0.25, 0.3) is 10.2 Å². The van der Waals surface area contributed by atoms with Crippen LogP contribution in [0.1, 0.15) is 55.4 Å². The van der Waals surface area contributed by atoms with Gasteiger partial charge in [0.25, 0.3) is 0 Å². The summed E-state index contributed by atoms with van der Waals surface area (Å²) in [7, 11) is 0. The molecule has 0 bridgehead atoms. The Morgan fingerprint density at radius 1 is 1.08 bits per heavy atom. The highest BCUT2D eigenvalue weighted by Gasteiger charge is 2.20. The summed E-state index contributed by atoms with van der Waals surface area (Å²) in [5, 5.41) is 4.76. The summed E-state index contributed by atoms with van der Waals surface area (Å²) < 4.78 is 0. The van der Waals surface area contributed by atoms with Crippen molar-refractivity contribution in [2.24, 2.45) is 0 Å². The maximum Gasteiger partial charge on any atom is 0.222 e. The van der Waals surface area contributed by atoms with Crippen LogP contribution in [0.4, 0.5) is 5.82 Å². The number of rotatable bonds is 5. The minimum atomic E-state index is 0.328. The van der Waals surface area contributed by atoms with Crippen molar-refractivity contribution in [3.05, 3.63) is 16.8 Å². The van der Waals surface area contributed by atoms with Gasteiger partial charge in [0.05, 0.1) is 5.39 Å². The Bertz CT molecular complexity index is 757. The topological polar surface area (TPSA) is 58.1 Å². The lowest BCUT2D eigenvalue weighted by molar-refractivity contribution is -0.130. The van der Waals surface area contributed by atoms with Crippen molar-refractivity contribution in [2.45, 2.75) is 57.8 Å². The van der Waals surface area contributed by atoms with E-state index in [0.717, 1.165) is 62.4 Å². The lowest BCUT2D eigenvalue weighted by Crippen LogP contribution is -2.32. The lowest BCUT2D eigenvalue weighted by atomic mass is 9.97. The zero-order chi connectivity index (χ0) is 17.1. The van der Waals surface area contributed by atoms with Gasteiger partial charge in [-0.3, -0.25) is 4.79 Å². The molecule has 0 saturated carbocycles. The van der Waals surface area contributed by atoms with Crippen molar-refractivity contribution < 1.29 is 4.79 Å². The van der Waals surface area contributed by atoms with Gasteiger partial charge in [0.2, 0.25) is 5.91 Å². The van der Waals surface area contributed by atoms with Crippen molar-refractivity contribution >= 4 is 33.3 Å². The van der Waals surface area contributed by atoms with Crippen molar-refractivity contribution in [2.75, 3.05) is 25.0 Å². The van der Waals surface area contributed by atoms with Gasteiger partial charge in [0.15, 0.2) is 0 Å². The van der Waals surface area contributed by atoms with Crippen LogP contribution in [0, 0.1) is 0 Å². The number of amides is 1. The molecular formula is C19H26N4OS. The first-order valence-electron chi connectivity index (χ1n) is 9.60. The number of thiophene rings is 1. The lowest BCUT2D eigenvalue weighted by Gasteiger charge is -2.20. The molecule has 1 saturated heterocycles. The van der Waals surface area contributed by atoms with Gasteiger partial charge in [-0.15, -0.1) is 11.3 Å². The minimum absolute atomic E-state index is 0.328. The summed E-state index contributed by atoms with van der Waals surface area (Å²) >= 11 is 1.83. The highest BCUT2D eigenvalue weighted by molar-refractivity contribution is 7.19. The van der Waals surface area contributed by atoms with Crippen LogP contribution in [0.5, 0.6) is 0 Å². The number of nitrogens with one attached hydrogen (secondary N) is 1. The van der Waals surface area contributed by atoms with Crippen molar-refractivity contribution in [1.29, 1.82) is 0 Å². The molecule has 134 valence electrons. The van der Waals surface area contributed by atoms with Gasteiger partial charge in [-0.2, -0.15) is 0 Å². The smallest absolute Gasteiger partial charge is 0.222 e. The second-order valence-electron chi connectivity index (χ2n) is 7.09. The largest absolute Gasteiger partial charge is 0.369 e. The maximum absolute atomic E-state index is 12.1. The molecule has 1 fully saturated rings. The Labute approximate surface area is 152 Å². The summed E-state index contributed by atoms with van der Waals surface area (Å²) in [4.78, 5) is 25.7. The average molecular weight is 359 g/mol. The predicted octanol–water partition coefficient (Wildman–Crippen LogP) is 3.77. The molecule has 1 N–H and O–H groups in total. The van der Waals surface area contributed by atoms with Crippen LogP contribution in [-0.2, 0) is 17.6 Å². The number of hydrogen-bond donors (Lipinski definition) is 1. The van der Waals surface area contributed by atoms with Crippen molar-refractivity contribution in [3.8, 4) is 0 Å². The maximum atomic E-state index is 12.1. The molecule has 0 radical (unpaired) electrons. The molecule has 1 amide bonds. The Balaban J connectivity index is 1.39. The third-order valence-corrected chi connectivity index (χ3v) is 6.52. The molecule has 3 heterocycles. The van der Waals surface area contributed by atoms with E-state index in [1.807, 2.05) is 16.2 Å². The zero-order valence-corrected chi connectivity index (χ0v) is 15.5. The number of carbonyl (C=O) groups is 1. The van der Waals surface area contributed by atoms with E-state index in [1.54, 1.807) is 6.33 Å². The fourth-order valence-corrected chi connectivity index (χ4v) is 5.20. The van der Waals surface area contributed by atoms with E-state index in [2.05, 4.69) is 15.3 Å². The van der Waals surface area contributed by atoms with Crippen molar-refractivity contribution in [1.82, 2.24) is 14.9 Å². The molecule has 6 heteroatoms. The zero-order valence-electron chi connectivity index (χ0n) is 14.7. The molecule has 4 rings (SSSR count). The van der Waals surface area contributed by atoms with E-state index in [4.69, 9.17) is 0 Å². The fraction of sp³-hybridized carbons (Fsp3) is 0.632. The monoisotopic (exact) mass is 358 g/mol. The summed E-state index contributed by atoms with van der Waals surface area (Å²) in [6.07, 6.45) is 11.6. The number of nitrogens with zero attached hydrogens (tertiary/aromatic N) is 3. The number of aryl methyl sites for hydroxylation is 2. The van der Waals surface area contributed by atoms with E-state index in [0.29, 0.717) is 5.91 Å². The molecule has 2 aromatic heterocycles. The van der Waals surface area contributed by atoms with Crippen LogP contribution in [0.15, 0.2) is 6.33 Å². The first-order chi connectivity index (χ1) is 12.3. The molecule has 5 nitrogen and oxygen atoms in total. The fourth-order valence-electron chi connectivity index (χ4n) is 3.98. The number of hydrogen-bond acceptors (Lipinski definition) is 5. The number of aromatic nitrogens is 2. The van der Waals surface area contributed by atoms with E-state index < -0.39 is 0 Å². The summed E-state index contributed by atoms with van der Waals surface area (Å²) in [6.45, 7) is 2.62. The van der Waals surface area contributed by atoms with E-state index in [1.165, 1.54) is 41.5 Å². The summed E-state index contributed by atoms with van der Waals surface area (Å²) in [5.41, 5.74) is 1.47. The van der Waals surface area contributed by atoms with Crippen LogP contribution in [-0.4, -0.2) is 40.4 Å². The third kappa shape index (κ3) is 3.64. The first kappa shape index (κ1) is 16.8. The molecule has 0 atom stereocenters. The molecule has 2 aliphatic rings. The second kappa shape index (κ2) is 7.68. The van der Waals surface area contributed by atoms with Gasteiger partial charge < -0.3 is 10.2 Å². The van der Waals surface area contributed by atoms with E-state index in [-0.39, 0.29) is 0 Å². The third-order valence-electron chi connectivity index (χ3n) is 5.32. The molecule has 0 spiro atoms. The van der Waals surface area contributed by atoms with Gasteiger partial charge in [0.1, 0.15) is 17.0 Å². The molecular weight excluding hydrogens is 332 g/mol. The quantitative estimate of drug-likeness (QED) is 0.827. The van der Waals surface area contributed by atoms with Gasteiger partial charge in [0, 0.05) is 30.9 Å². The van der Waals surface area contributed by atoms with Crippen molar-refractivity contribution in [3.63, 3.8) is 0 Å². The number of anilines is 1. The minimum Gasteiger partial charge on any atom is -0.369 e. The molecule has 1 aliphatic carbocycles. The van der Waals surface area contributed by atoms with Crippen LogP contribution in [0.3, 0.4) is 0 Å². The van der Waals surface area contributed by atoms with Crippen LogP contribution in [0.2, 0.25) is 0 Å². The summed E-state index contributed by atoms with van der Waals surface area (Å²) in [6, 6.07) is 0. The van der Waals surface area contributed by atoms with Crippen LogP contribution >= 0.6 is 11.3 Å². The normalized spacial score (nSPS) is 18.2. The SMILES string of the molecule is O=C1CCCCCN1CCCNc1ncnc2sc3c(c12)CCCC3. The number of fused-ring (bicyclic) bond motifs is 3. The Morgan fingerprint density at radius 2 is 1.96 bits per heavy atom. The van der Waals surface area contributed by atoms with Gasteiger partial charge >= 0.3 is 0 Å². The average Bonchev–Trinajstić information content (AvgIpc) is 2.90. The Morgan fingerprint density at radius 3 is 2.92 bits per heavy atom. The molecule has 2 aromatic rings. The predicted molar refractivity (Wildman–Crippen MR) is 102 cm³/mol. The standard InChI is InChI=1S/C19H26N4OS/c24-16-9-2-1-5-11-23(16)12-6-10-20-18-17-14-7-3-4-8-15(14)25-19(17)22-13-21-18/h13H,1-12H2,(H,20,21,22). The number of likely N-dealkylation sites (tertiary alicyclic amines) is 1. The van der Waals surface area contributed by atoms with Gasteiger partial charge in [-0.1, -0.05) is 6.42 Å². The van der Waals surface area contributed by atoms with E-state index in [9.17, 15) is 4.79 Å². The Kier molecular flexibility index (Phi) is 5.15.